The molecule has 0 atom stereocenters. The predicted molar refractivity (Wildman–Crippen MR) is 65.2 cm³/mol. The Morgan fingerprint density at radius 1 is 1.22 bits per heavy atom. The van der Waals surface area contributed by atoms with E-state index < -0.39 is 11.6 Å². The van der Waals surface area contributed by atoms with Gasteiger partial charge in [-0.05, 0) is 23.8 Å². The number of pyridine rings is 1. The molecule has 0 amide bonds. The molecule has 0 bridgehead atoms. The lowest BCUT2D eigenvalue weighted by Crippen LogP contribution is -1.93. The molecule has 6 heteroatoms. The van der Waals surface area contributed by atoms with Crippen molar-refractivity contribution in [2.75, 3.05) is 0 Å². The van der Waals surface area contributed by atoms with Gasteiger partial charge in [-0.3, -0.25) is 0 Å². The summed E-state index contributed by atoms with van der Waals surface area (Å²) in [4.78, 5) is 3.89. The van der Waals surface area contributed by atoms with Gasteiger partial charge in [-0.25, -0.2) is 13.8 Å². The molecule has 0 saturated heterocycles. The van der Waals surface area contributed by atoms with Crippen LogP contribution in [0.15, 0.2) is 30.5 Å². The number of alkyl halides is 1. The highest BCUT2D eigenvalue weighted by Crippen LogP contribution is 2.29. The highest BCUT2D eigenvalue weighted by atomic mass is 35.5. The summed E-state index contributed by atoms with van der Waals surface area (Å²) in [6, 6.07) is 4.43. The Morgan fingerprint density at radius 2 is 2.00 bits per heavy atom. The lowest BCUT2D eigenvalue weighted by Gasteiger charge is -2.08. The van der Waals surface area contributed by atoms with E-state index in [4.69, 9.17) is 27.9 Å². The average molecular weight is 290 g/mol. The second-order valence-corrected chi connectivity index (χ2v) is 4.12. The third kappa shape index (κ3) is 2.89. The molecule has 0 spiro atoms. The average Bonchev–Trinajstić information content (AvgIpc) is 2.36. The molecule has 1 aromatic heterocycles. The van der Waals surface area contributed by atoms with Crippen LogP contribution in [0.1, 0.15) is 5.56 Å². The van der Waals surface area contributed by atoms with Crippen molar-refractivity contribution in [2.45, 2.75) is 5.88 Å². The standard InChI is InChI=1S/C12H7Cl2F2NO/c13-5-7-3-9(14)12(17-6-7)18-11-4-8(15)1-2-10(11)16/h1-4,6H,5H2. The number of ether oxygens (including phenoxy) is 1. The third-order valence-corrected chi connectivity index (χ3v) is 2.70. The Hall–Kier alpha value is -1.39. The molecule has 1 aromatic carbocycles. The summed E-state index contributed by atoms with van der Waals surface area (Å²) in [5, 5.41) is 0.178. The van der Waals surface area contributed by atoms with Gasteiger partial charge < -0.3 is 4.74 Å². The van der Waals surface area contributed by atoms with Crippen LogP contribution in [0.5, 0.6) is 11.6 Å². The fourth-order valence-electron chi connectivity index (χ4n) is 1.27. The first kappa shape index (κ1) is 13.1. The zero-order chi connectivity index (χ0) is 13.1. The van der Waals surface area contributed by atoms with Crippen molar-refractivity contribution in [1.82, 2.24) is 4.98 Å². The van der Waals surface area contributed by atoms with E-state index in [-0.39, 0.29) is 22.5 Å². The molecule has 0 aliphatic rings. The van der Waals surface area contributed by atoms with Crippen molar-refractivity contribution < 1.29 is 13.5 Å². The summed E-state index contributed by atoms with van der Waals surface area (Å²) in [7, 11) is 0. The number of benzene rings is 1. The van der Waals surface area contributed by atoms with Crippen LogP contribution in [0.25, 0.3) is 0 Å². The van der Waals surface area contributed by atoms with E-state index in [0.717, 1.165) is 18.2 Å². The minimum Gasteiger partial charge on any atom is -0.434 e. The molecule has 0 aliphatic carbocycles. The number of rotatable bonds is 3. The topological polar surface area (TPSA) is 22.1 Å². The second-order valence-electron chi connectivity index (χ2n) is 3.44. The van der Waals surface area contributed by atoms with E-state index in [9.17, 15) is 8.78 Å². The van der Waals surface area contributed by atoms with Crippen LogP contribution in [0.4, 0.5) is 8.78 Å². The SMILES string of the molecule is Fc1ccc(F)c(Oc2ncc(CCl)cc2Cl)c1. The van der Waals surface area contributed by atoms with Crippen LogP contribution in [0.3, 0.4) is 0 Å². The predicted octanol–water partition coefficient (Wildman–Crippen LogP) is 4.54. The zero-order valence-electron chi connectivity index (χ0n) is 8.96. The number of hydrogen-bond acceptors (Lipinski definition) is 2. The van der Waals surface area contributed by atoms with Crippen LogP contribution >= 0.6 is 23.2 Å². The van der Waals surface area contributed by atoms with Gasteiger partial charge in [-0.15, -0.1) is 11.6 Å². The smallest absolute Gasteiger partial charge is 0.238 e. The minimum absolute atomic E-state index is 0.00460. The van der Waals surface area contributed by atoms with E-state index in [0.29, 0.717) is 5.56 Å². The molecule has 1 heterocycles. The number of halogens is 4. The van der Waals surface area contributed by atoms with Crippen molar-refractivity contribution in [3.8, 4) is 11.6 Å². The number of hydrogen-bond donors (Lipinski definition) is 0. The lowest BCUT2D eigenvalue weighted by atomic mass is 10.3. The van der Waals surface area contributed by atoms with Gasteiger partial charge in [0.2, 0.25) is 5.88 Å². The third-order valence-electron chi connectivity index (χ3n) is 2.12. The molecule has 0 N–H and O–H groups in total. The van der Waals surface area contributed by atoms with Gasteiger partial charge in [0.15, 0.2) is 11.6 Å². The normalized spacial score (nSPS) is 10.4. The Balaban J connectivity index is 2.31. The second kappa shape index (κ2) is 5.50. The molecule has 2 nitrogen and oxygen atoms in total. The Labute approximate surface area is 112 Å². The van der Waals surface area contributed by atoms with E-state index >= 15 is 0 Å². The maximum absolute atomic E-state index is 13.3. The van der Waals surface area contributed by atoms with E-state index in [1.165, 1.54) is 6.20 Å². The first-order valence-electron chi connectivity index (χ1n) is 4.93. The molecule has 18 heavy (non-hydrogen) atoms. The van der Waals surface area contributed by atoms with Crippen LogP contribution in [0, 0.1) is 11.6 Å². The molecular formula is C12H7Cl2F2NO. The van der Waals surface area contributed by atoms with E-state index in [2.05, 4.69) is 4.98 Å². The van der Waals surface area contributed by atoms with Crippen LogP contribution in [0.2, 0.25) is 5.02 Å². The zero-order valence-corrected chi connectivity index (χ0v) is 10.5. The summed E-state index contributed by atoms with van der Waals surface area (Å²) < 4.78 is 31.4. The van der Waals surface area contributed by atoms with Gasteiger partial charge in [0, 0.05) is 18.1 Å². The molecule has 0 aliphatic heterocycles. The fraction of sp³-hybridized carbons (Fsp3) is 0.0833. The van der Waals surface area contributed by atoms with Crippen LogP contribution in [-0.2, 0) is 5.88 Å². The first-order valence-corrected chi connectivity index (χ1v) is 5.84. The van der Waals surface area contributed by atoms with E-state index in [1.807, 2.05) is 0 Å². The first-order chi connectivity index (χ1) is 8.60. The van der Waals surface area contributed by atoms with Gasteiger partial charge in [0.05, 0.1) is 0 Å². The summed E-state index contributed by atoms with van der Waals surface area (Å²) in [6.45, 7) is 0. The van der Waals surface area contributed by atoms with Crippen molar-refractivity contribution >= 4 is 23.2 Å². The fourth-order valence-corrected chi connectivity index (χ4v) is 1.65. The van der Waals surface area contributed by atoms with Crippen molar-refractivity contribution in [3.63, 3.8) is 0 Å². The molecular weight excluding hydrogens is 283 g/mol. The minimum atomic E-state index is -0.698. The van der Waals surface area contributed by atoms with Gasteiger partial charge in [0.25, 0.3) is 0 Å². The Morgan fingerprint density at radius 3 is 2.67 bits per heavy atom. The van der Waals surface area contributed by atoms with Crippen LogP contribution < -0.4 is 4.74 Å². The summed E-state index contributed by atoms with van der Waals surface area (Å²) in [5.41, 5.74) is 0.703. The molecule has 0 fully saturated rings. The molecule has 0 radical (unpaired) electrons. The molecule has 94 valence electrons. The highest BCUT2D eigenvalue weighted by Gasteiger charge is 2.10. The quantitative estimate of drug-likeness (QED) is 0.774. The molecule has 0 saturated carbocycles. The molecule has 0 unspecified atom stereocenters. The van der Waals surface area contributed by atoms with Crippen molar-refractivity contribution in [3.05, 3.63) is 52.7 Å². The summed E-state index contributed by atoms with van der Waals surface area (Å²) in [6.07, 6.45) is 1.45. The van der Waals surface area contributed by atoms with Gasteiger partial charge in [-0.1, -0.05) is 11.6 Å². The summed E-state index contributed by atoms with van der Waals surface area (Å²) >= 11 is 11.5. The Bertz CT molecular complexity index is 578. The van der Waals surface area contributed by atoms with E-state index in [1.54, 1.807) is 6.07 Å². The lowest BCUT2D eigenvalue weighted by molar-refractivity contribution is 0.422. The van der Waals surface area contributed by atoms with Crippen LogP contribution in [-0.4, -0.2) is 4.98 Å². The molecule has 2 aromatic rings. The van der Waals surface area contributed by atoms with Crippen molar-refractivity contribution in [2.24, 2.45) is 0 Å². The monoisotopic (exact) mass is 289 g/mol. The summed E-state index contributed by atoms with van der Waals surface area (Å²) in [5.74, 6) is -1.34. The van der Waals surface area contributed by atoms with Gasteiger partial charge in [0.1, 0.15) is 10.8 Å². The molecule has 2 rings (SSSR count). The highest BCUT2D eigenvalue weighted by molar-refractivity contribution is 6.32. The Kier molecular flexibility index (Phi) is 3.99. The van der Waals surface area contributed by atoms with Gasteiger partial charge >= 0.3 is 0 Å². The van der Waals surface area contributed by atoms with Crippen molar-refractivity contribution in [1.29, 1.82) is 0 Å². The maximum atomic E-state index is 13.3. The maximum Gasteiger partial charge on any atom is 0.238 e. The largest absolute Gasteiger partial charge is 0.434 e. The number of aromatic nitrogens is 1. The van der Waals surface area contributed by atoms with Gasteiger partial charge in [-0.2, -0.15) is 0 Å². The number of nitrogens with zero attached hydrogens (tertiary/aromatic N) is 1.